The summed E-state index contributed by atoms with van der Waals surface area (Å²) in [6, 6.07) is 6.97. The summed E-state index contributed by atoms with van der Waals surface area (Å²) < 4.78 is 27.4. The highest BCUT2D eigenvalue weighted by molar-refractivity contribution is 7.93. The monoisotopic (exact) mass is 308 g/mol. The number of nitrogens with zero attached hydrogens (tertiary/aromatic N) is 1. The zero-order chi connectivity index (χ0) is 14.2. The van der Waals surface area contributed by atoms with Gasteiger partial charge in [-0.25, -0.2) is 13.4 Å². The number of hydrogen-bond acceptors (Lipinski definition) is 4. The van der Waals surface area contributed by atoms with Gasteiger partial charge in [0, 0.05) is 4.88 Å². The minimum absolute atomic E-state index is 0.313. The van der Waals surface area contributed by atoms with Crippen molar-refractivity contribution in [2.75, 3.05) is 4.72 Å². The van der Waals surface area contributed by atoms with E-state index in [0.717, 1.165) is 30.5 Å². The van der Waals surface area contributed by atoms with Crippen LogP contribution in [0.25, 0.3) is 0 Å². The Morgan fingerprint density at radius 1 is 1.20 bits per heavy atom. The van der Waals surface area contributed by atoms with Crippen molar-refractivity contribution in [3.63, 3.8) is 0 Å². The maximum atomic E-state index is 12.4. The van der Waals surface area contributed by atoms with Crippen LogP contribution in [0.2, 0.25) is 0 Å². The van der Waals surface area contributed by atoms with Gasteiger partial charge in [-0.15, -0.1) is 11.3 Å². The molecule has 0 aliphatic heterocycles. The molecule has 6 heteroatoms. The minimum atomic E-state index is -3.55. The number of aromatic nitrogens is 1. The lowest BCUT2D eigenvalue weighted by atomic mass is 10.0. The average Bonchev–Trinajstić information content (AvgIpc) is 2.80. The standard InChI is InChI=1S/C14H16N2O2S2/c1-10-6-2-5-9-13(10)20(17,18)16-14-15-11-7-3-4-8-12(11)19-14/h2,5-6,9H,3-4,7-8H2,1H3,(H,15,16). The molecule has 1 aliphatic carbocycles. The number of benzene rings is 1. The van der Waals surface area contributed by atoms with Gasteiger partial charge in [0.15, 0.2) is 5.13 Å². The van der Waals surface area contributed by atoms with Crippen LogP contribution in [0, 0.1) is 6.92 Å². The van der Waals surface area contributed by atoms with Gasteiger partial charge in [-0.3, -0.25) is 4.72 Å². The Balaban J connectivity index is 1.90. The molecule has 0 bridgehead atoms. The Labute approximate surface area is 122 Å². The van der Waals surface area contributed by atoms with Crippen molar-refractivity contribution in [2.45, 2.75) is 37.5 Å². The van der Waals surface area contributed by atoms with E-state index in [1.807, 2.05) is 6.07 Å². The van der Waals surface area contributed by atoms with E-state index < -0.39 is 10.0 Å². The van der Waals surface area contributed by atoms with Crippen molar-refractivity contribution < 1.29 is 8.42 Å². The predicted molar refractivity (Wildman–Crippen MR) is 80.7 cm³/mol. The second-order valence-electron chi connectivity index (χ2n) is 4.97. The molecule has 1 aliphatic rings. The molecule has 0 saturated carbocycles. The molecule has 106 valence electrons. The van der Waals surface area contributed by atoms with Crippen LogP contribution in [0.4, 0.5) is 5.13 Å². The van der Waals surface area contributed by atoms with Crippen LogP contribution in [-0.2, 0) is 22.9 Å². The lowest BCUT2D eigenvalue weighted by molar-refractivity contribution is 0.600. The summed E-state index contributed by atoms with van der Waals surface area (Å²) in [5.74, 6) is 0. The van der Waals surface area contributed by atoms with E-state index in [1.54, 1.807) is 25.1 Å². The summed E-state index contributed by atoms with van der Waals surface area (Å²) in [5, 5.41) is 0.486. The molecule has 20 heavy (non-hydrogen) atoms. The Morgan fingerprint density at radius 3 is 2.70 bits per heavy atom. The largest absolute Gasteiger partial charge is 0.263 e. The van der Waals surface area contributed by atoms with Crippen molar-refractivity contribution in [3.8, 4) is 0 Å². The molecule has 0 atom stereocenters. The van der Waals surface area contributed by atoms with Gasteiger partial charge in [-0.2, -0.15) is 0 Å². The van der Waals surface area contributed by atoms with Crippen LogP contribution >= 0.6 is 11.3 Å². The highest BCUT2D eigenvalue weighted by atomic mass is 32.2. The lowest BCUT2D eigenvalue weighted by Gasteiger charge is -2.07. The van der Waals surface area contributed by atoms with Crippen molar-refractivity contribution in [1.29, 1.82) is 0 Å². The van der Waals surface area contributed by atoms with Gasteiger partial charge in [0.2, 0.25) is 0 Å². The number of thiazole rings is 1. The molecule has 0 fully saturated rings. The normalized spacial score (nSPS) is 14.8. The molecule has 2 aromatic rings. The first kappa shape index (κ1) is 13.6. The van der Waals surface area contributed by atoms with Gasteiger partial charge in [-0.05, 0) is 44.2 Å². The molecular formula is C14H16N2O2S2. The first-order valence-corrected chi connectivity index (χ1v) is 8.93. The van der Waals surface area contributed by atoms with E-state index >= 15 is 0 Å². The van der Waals surface area contributed by atoms with Gasteiger partial charge < -0.3 is 0 Å². The van der Waals surface area contributed by atoms with Gasteiger partial charge in [-0.1, -0.05) is 18.2 Å². The first-order chi connectivity index (χ1) is 9.56. The molecule has 0 spiro atoms. The summed E-state index contributed by atoms with van der Waals surface area (Å²) in [4.78, 5) is 5.95. The molecule has 0 amide bonds. The van der Waals surface area contributed by atoms with Crippen LogP contribution in [0.3, 0.4) is 0 Å². The van der Waals surface area contributed by atoms with Crippen LogP contribution in [0.15, 0.2) is 29.2 Å². The summed E-state index contributed by atoms with van der Waals surface area (Å²) in [6.45, 7) is 1.79. The fourth-order valence-corrected chi connectivity index (χ4v) is 4.96. The molecule has 0 unspecified atom stereocenters. The number of sulfonamides is 1. The van der Waals surface area contributed by atoms with Gasteiger partial charge in [0.25, 0.3) is 10.0 Å². The third-order valence-electron chi connectivity index (χ3n) is 3.45. The smallest absolute Gasteiger partial charge is 0.255 e. The number of fused-ring (bicyclic) bond motifs is 1. The number of nitrogens with one attached hydrogen (secondary N) is 1. The van der Waals surface area contributed by atoms with Crippen molar-refractivity contribution >= 4 is 26.5 Å². The number of anilines is 1. The summed E-state index contributed by atoms with van der Waals surface area (Å²) in [6.07, 6.45) is 4.27. The van der Waals surface area contributed by atoms with Crippen molar-refractivity contribution in [2.24, 2.45) is 0 Å². The fraction of sp³-hybridized carbons (Fsp3) is 0.357. The zero-order valence-corrected chi connectivity index (χ0v) is 12.9. The highest BCUT2D eigenvalue weighted by Crippen LogP contribution is 2.31. The summed E-state index contributed by atoms with van der Waals surface area (Å²) >= 11 is 1.46. The molecule has 1 aromatic carbocycles. The molecule has 4 nitrogen and oxygen atoms in total. The van der Waals surface area contributed by atoms with Crippen LogP contribution < -0.4 is 4.72 Å². The lowest BCUT2D eigenvalue weighted by Crippen LogP contribution is -2.14. The van der Waals surface area contributed by atoms with Gasteiger partial charge in [0.05, 0.1) is 10.6 Å². The van der Waals surface area contributed by atoms with E-state index in [1.165, 1.54) is 22.6 Å². The number of rotatable bonds is 3. The number of hydrogen-bond donors (Lipinski definition) is 1. The SMILES string of the molecule is Cc1ccccc1S(=O)(=O)Nc1nc2c(s1)CCCC2. The topological polar surface area (TPSA) is 59.1 Å². The zero-order valence-electron chi connectivity index (χ0n) is 11.2. The highest BCUT2D eigenvalue weighted by Gasteiger charge is 2.21. The Morgan fingerprint density at radius 2 is 1.95 bits per heavy atom. The van der Waals surface area contributed by atoms with Crippen molar-refractivity contribution in [3.05, 3.63) is 40.4 Å². The Bertz CT molecular complexity index is 712. The third kappa shape index (κ3) is 2.58. The van der Waals surface area contributed by atoms with E-state index in [4.69, 9.17) is 0 Å². The summed E-state index contributed by atoms with van der Waals surface area (Å²) in [5.41, 5.74) is 1.80. The molecular weight excluding hydrogens is 292 g/mol. The summed E-state index contributed by atoms with van der Waals surface area (Å²) in [7, 11) is -3.55. The van der Waals surface area contributed by atoms with Gasteiger partial charge >= 0.3 is 0 Å². The molecule has 0 saturated heterocycles. The van der Waals surface area contributed by atoms with E-state index in [9.17, 15) is 8.42 Å². The van der Waals surface area contributed by atoms with Crippen LogP contribution in [-0.4, -0.2) is 13.4 Å². The van der Waals surface area contributed by atoms with Crippen LogP contribution in [0.5, 0.6) is 0 Å². The average molecular weight is 308 g/mol. The fourth-order valence-electron chi connectivity index (χ4n) is 2.42. The second kappa shape index (κ2) is 5.18. The second-order valence-corrected chi connectivity index (χ2v) is 7.70. The van der Waals surface area contributed by atoms with Crippen LogP contribution in [0.1, 0.15) is 29.0 Å². The predicted octanol–water partition coefficient (Wildman–Crippen LogP) is 3.13. The van der Waals surface area contributed by atoms with E-state index in [0.29, 0.717) is 10.0 Å². The Kier molecular flexibility index (Phi) is 3.52. The molecule has 1 heterocycles. The van der Waals surface area contributed by atoms with E-state index in [-0.39, 0.29) is 0 Å². The third-order valence-corrected chi connectivity index (χ3v) is 6.15. The quantitative estimate of drug-likeness (QED) is 0.947. The van der Waals surface area contributed by atoms with Crippen molar-refractivity contribution in [1.82, 2.24) is 4.98 Å². The minimum Gasteiger partial charge on any atom is -0.255 e. The molecule has 1 aromatic heterocycles. The Hall–Kier alpha value is -1.40. The first-order valence-electron chi connectivity index (χ1n) is 6.63. The van der Waals surface area contributed by atoms with E-state index in [2.05, 4.69) is 9.71 Å². The van der Waals surface area contributed by atoms with Gasteiger partial charge in [0.1, 0.15) is 0 Å². The maximum absolute atomic E-state index is 12.4. The molecule has 0 radical (unpaired) electrons. The molecule has 3 rings (SSSR count). The number of aryl methyl sites for hydroxylation is 3. The maximum Gasteiger partial charge on any atom is 0.263 e. The molecule has 1 N–H and O–H groups in total.